The minimum absolute atomic E-state index is 0.181. The van der Waals surface area contributed by atoms with Gasteiger partial charge in [-0.1, -0.05) is 58.7 Å². The summed E-state index contributed by atoms with van der Waals surface area (Å²) in [5, 5.41) is 8.06. The van der Waals surface area contributed by atoms with Gasteiger partial charge in [0.1, 0.15) is 23.0 Å². The molecule has 0 atom stereocenters. The normalized spacial score (nSPS) is 13.1. The molecule has 0 aliphatic heterocycles. The van der Waals surface area contributed by atoms with E-state index in [1.165, 1.54) is 0 Å². The van der Waals surface area contributed by atoms with E-state index < -0.39 is 65.1 Å². The monoisotopic (exact) mass is 589 g/mol. The Balaban J connectivity index is 2.24. The van der Waals surface area contributed by atoms with Crippen LogP contribution in [0.1, 0.15) is 16.8 Å². The molecule has 8 nitrogen and oxygen atoms in total. The molecule has 0 saturated carbocycles. The molecule has 0 saturated heterocycles. The highest BCUT2D eigenvalue weighted by Gasteiger charge is 2.51. The van der Waals surface area contributed by atoms with Crippen LogP contribution in [0.15, 0.2) is 52.5 Å². The molecular formula is C20H15Cl2F6N5O3S. The lowest BCUT2D eigenvalue weighted by Crippen LogP contribution is -2.27. The third-order valence-corrected chi connectivity index (χ3v) is 6.80. The smallest absolute Gasteiger partial charge is 0.389 e. The van der Waals surface area contributed by atoms with Crippen LogP contribution in [-0.4, -0.2) is 36.6 Å². The highest BCUT2D eigenvalue weighted by molar-refractivity contribution is 7.92. The van der Waals surface area contributed by atoms with Gasteiger partial charge in [-0.25, -0.2) is 13.1 Å². The zero-order valence-electron chi connectivity index (χ0n) is 18.3. The number of benzene rings is 2. The predicted octanol–water partition coefficient (Wildman–Crippen LogP) is 5.37. The van der Waals surface area contributed by atoms with Crippen LogP contribution in [0.5, 0.6) is 0 Å². The van der Waals surface area contributed by atoms with Gasteiger partial charge in [-0.3, -0.25) is 0 Å². The molecule has 3 rings (SSSR count). The van der Waals surface area contributed by atoms with E-state index in [2.05, 4.69) is 15.6 Å². The van der Waals surface area contributed by atoms with Crippen LogP contribution in [0.2, 0.25) is 10.0 Å². The molecule has 0 aliphatic rings. The molecule has 0 bridgehead atoms. The fraction of sp³-hybridized carbons (Fsp3) is 0.200. The van der Waals surface area contributed by atoms with E-state index in [9.17, 15) is 34.8 Å². The molecule has 0 fully saturated rings. The summed E-state index contributed by atoms with van der Waals surface area (Å²) >= 11 is 11.9. The highest BCUT2D eigenvalue weighted by Crippen LogP contribution is 2.42. The van der Waals surface area contributed by atoms with Crippen LogP contribution < -0.4 is 11.1 Å². The Kier molecular flexibility index (Phi) is 7.91. The standard InChI is InChI=1S/C20H15Cl2F6N5O3S/c1-30-18-16(37(34,35)20(26,27)28)14(17(29)32-36-9-10-5-3-2-4-6-10)31-33(18)15-12(21)7-11(8-13(15)22)19(23,24)25/h2-8,30H,9H2,1H3,(H2,29,32). The fourth-order valence-electron chi connectivity index (χ4n) is 3.05. The molecule has 37 heavy (non-hydrogen) atoms. The summed E-state index contributed by atoms with van der Waals surface area (Å²) in [6, 6.07) is 9.26. The number of hydrogen-bond donors (Lipinski definition) is 2. The maximum atomic E-state index is 13.6. The summed E-state index contributed by atoms with van der Waals surface area (Å²) in [6.45, 7) is -0.181. The van der Waals surface area contributed by atoms with Crippen LogP contribution in [0.4, 0.5) is 32.2 Å². The van der Waals surface area contributed by atoms with E-state index in [4.69, 9.17) is 33.8 Å². The van der Waals surface area contributed by atoms with Crippen molar-refractivity contribution in [2.75, 3.05) is 12.4 Å². The maximum Gasteiger partial charge on any atom is 0.502 e. The van der Waals surface area contributed by atoms with Gasteiger partial charge < -0.3 is 15.9 Å². The SMILES string of the molecule is CNc1c(S(=O)(=O)C(F)(F)F)c(/C(N)=N\OCc2ccccc2)nn1-c1c(Cl)cc(C(F)(F)F)cc1Cl. The first kappa shape index (κ1) is 28.4. The lowest BCUT2D eigenvalue weighted by atomic mass is 10.2. The molecule has 0 unspecified atom stereocenters. The number of sulfone groups is 1. The average molecular weight is 590 g/mol. The summed E-state index contributed by atoms with van der Waals surface area (Å²) < 4.78 is 106. The first-order chi connectivity index (χ1) is 17.1. The molecule has 0 amide bonds. The predicted molar refractivity (Wildman–Crippen MR) is 123 cm³/mol. The number of nitrogens with zero attached hydrogens (tertiary/aromatic N) is 3. The molecule has 2 aromatic carbocycles. The lowest BCUT2D eigenvalue weighted by molar-refractivity contribution is -0.137. The van der Waals surface area contributed by atoms with Crippen LogP contribution in [0.3, 0.4) is 0 Å². The lowest BCUT2D eigenvalue weighted by Gasteiger charge is -2.15. The van der Waals surface area contributed by atoms with Crippen molar-refractivity contribution in [1.82, 2.24) is 9.78 Å². The number of amidine groups is 1. The number of anilines is 1. The molecule has 0 radical (unpaired) electrons. The van der Waals surface area contributed by atoms with Gasteiger partial charge in [-0.05, 0) is 17.7 Å². The van der Waals surface area contributed by atoms with Crippen LogP contribution in [-0.2, 0) is 27.5 Å². The summed E-state index contributed by atoms with van der Waals surface area (Å²) in [5.41, 5.74) is -2.29. The average Bonchev–Trinajstić information content (AvgIpc) is 3.18. The summed E-state index contributed by atoms with van der Waals surface area (Å²) in [7, 11) is -5.11. The number of aromatic nitrogens is 2. The zero-order valence-corrected chi connectivity index (χ0v) is 20.7. The van der Waals surface area contributed by atoms with E-state index in [1.807, 2.05) is 0 Å². The Hall–Kier alpha value is -3.17. The zero-order chi connectivity index (χ0) is 27.8. The second kappa shape index (κ2) is 10.3. The highest BCUT2D eigenvalue weighted by atomic mass is 35.5. The second-order valence-corrected chi connectivity index (χ2v) is 9.85. The topological polar surface area (TPSA) is 112 Å². The Morgan fingerprint density at radius 1 is 1.11 bits per heavy atom. The van der Waals surface area contributed by atoms with Crippen molar-refractivity contribution in [1.29, 1.82) is 0 Å². The van der Waals surface area contributed by atoms with Crippen molar-refractivity contribution in [3.63, 3.8) is 0 Å². The van der Waals surface area contributed by atoms with Crippen molar-refractivity contribution >= 4 is 44.7 Å². The summed E-state index contributed by atoms with van der Waals surface area (Å²) in [4.78, 5) is 3.55. The third-order valence-electron chi connectivity index (χ3n) is 4.69. The van der Waals surface area contributed by atoms with Crippen molar-refractivity contribution in [2.24, 2.45) is 10.9 Å². The van der Waals surface area contributed by atoms with Gasteiger partial charge in [0, 0.05) is 7.05 Å². The molecule has 3 N–H and O–H groups in total. The van der Waals surface area contributed by atoms with Gasteiger partial charge in [0.15, 0.2) is 11.5 Å². The molecule has 3 aromatic rings. The van der Waals surface area contributed by atoms with Crippen LogP contribution in [0, 0.1) is 0 Å². The Morgan fingerprint density at radius 3 is 2.16 bits per heavy atom. The van der Waals surface area contributed by atoms with Crippen molar-refractivity contribution in [3.05, 3.63) is 69.3 Å². The molecule has 1 aromatic heterocycles. The van der Waals surface area contributed by atoms with Crippen LogP contribution >= 0.6 is 23.2 Å². The molecule has 0 aliphatic carbocycles. The molecular weight excluding hydrogens is 575 g/mol. The number of oxime groups is 1. The van der Waals surface area contributed by atoms with Gasteiger partial charge >= 0.3 is 11.7 Å². The van der Waals surface area contributed by atoms with Crippen molar-refractivity contribution in [3.8, 4) is 5.69 Å². The first-order valence-electron chi connectivity index (χ1n) is 9.78. The molecule has 200 valence electrons. The number of nitrogens with two attached hydrogens (primary N) is 1. The summed E-state index contributed by atoms with van der Waals surface area (Å²) in [6.07, 6.45) is -4.86. The van der Waals surface area contributed by atoms with Gasteiger partial charge in [-0.2, -0.15) is 31.4 Å². The third kappa shape index (κ3) is 5.72. The first-order valence-corrected chi connectivity index (χ1v) is 12.0. The van der Waals surface area contributed by atoms with Gasteiger partial charge in [-0.15, -0.1) is 0 Å². The van der Waals surface area contributed by atoms with E-state index in [0.29, 0.717) is 22.4 Å². The number of rotatable bonds is 7. The number of nitrogens with one attached hydrogen (secondary N) is 1. The number of alkyl halides is 6. The minimum atomic E-state index is -6.14. The van der Waals surface area contributed by atoms with E-state index in [0.717, 1.165) is 7.05 Å². The van der Waals surface area contributed by atoms with Crippen molar-refractivity contribution < 1.29 is 39.6 Å². The second-order valence-electron chi connectivity index (χ2n) is 7.16. The van der Waals surface area contributed by atoms with Gasteiger partial charge in [0.2, 0.25) is 0 Å². The van der Waals surface area contributed by atoms with Crippen LogP contribution in [0.25, 0.3) is 5.69 Å². The van der Waals surface area contributed by atoms with E-state index in [1.54, 1.807) is 30.3 Å². The Bertz CT molecular complexity index is 1420. The van der Waals surface area contributed by atoms with Gasteiger partial charge in [0.05, 0.1) is 15.6 Å². The largest absolute Gasteiger partial charge is 0.502 e. The fourth-order valence-corrected chi connectivity index (χ4v) is 4.77. The Morgan fingerprint density at radius 2 is 1.68 bits per heavy atom. The van der Waals surface area contributed by atoms with Gasteiger partial charge in [0.25, 0.3) is 9.84 Å². The maximum absolute atomic E-state index is 13.6. The van der Waals surface area contributed by atoms with E-state index in [-0.39, 0.29) is 6.61 Å². The summed E-state index contributed by atoms with van der Waals surface area (Å²) in [5.74, 6) is -1.73. The quantitative estimate of drug-likeness (QED) is 0.166. The minimum Gasteiger partial charge on any atom is -0.389 e. The molecule has 17 heteroatoms. The number of hydrogen-bond acceptors (Lipinski definition) is 6. The molecule has 1 heterocycles. The van der Waals surface area contributed by atoms with Crippen molar-refractivity contribution in [2.45, 2.75) is 23.2 Å². The Labute approximate surface area is 215 Å². The van der Waals surface area contributed by atoms with E-state index >= 15 is 0 Å². The molecule has 0 spiro atoms. The number of halogens is 8.